The van der Waals surface area contributed by atoms with Gasteiger partial charge in [0.1, 0.15) is 5.82 Å². The van der Waals surface area contributed by atoms with Gasteiger partial charge in [-0.3, -0.25) is 16.2 Å². The van der Waals surface area contributed by atoms with Crippen molar-refractivity contribution in [2.75, 3.05) is 25.4 Å². The quantitative estimate of drug-likeness (QED) is 0.552. The number of hydrazine groups is 1. The molecule has 2 rings (SSSR count). The molecule has 0 amide bonds. The van der Waals surface area contributed by atoms with Gasteiger partial charge in [0.2, 0.25) is 0 Å². The van der Waals surface area contributed by atoms with E-state index in [1.807, 2.05) is 13.0 Å². The average molecular weight is 279 g/mol. The zero-order valence-corrected chi connectivity index (χ0v) is 12.5. The van der Waals surface area contributed by atoms with Crippen LogP contribution in [0.2, 0.25) is 0 Å². The Kier molecular flexibility index (Phi) is 4.93. The third kappa shape index (κ3) is 3.09. The van der Waals surface area contributed by atoms with Crippen molar-refractivity contribution in [2.24, 2.45) is 5.84 Å². The molecule has 0 aromatic carbocycles. The summed E-state index contributed by atoms with van der Waals surface area (Å²) in [6.45, 7) is 8.89. The number of nitrogens with two attached hydrogens (primary N) is 2. The Balaban J connectivity index is 2.23. The number of nitrogens with zero attached hydrogens (tertiary/aromatic N) is 2. The van der Waals surface area contributed by atoms with Crippen LogP contribution < -0.4 is 17.0 Å². The highest BCUT2D eigenvalue weighted by Crippen LogP contribution is 2.28. The van der Waals surface area contributed by atoms with Gasteiger partial charge >= 0.3 is 0 Å². The summed E-state index contributed by atoms with van der Waals surface area (Å²) in [5.41, 5.74) is 10.9. The van der Waals surface area contributed by atoms with Gasteiger partial charge < -0.3 is 10.5 Å². The second-order valence-electron chi connectivity index (χ2n) is 5.57. The summed E-state index contributed by atoms with van der Waals surface area (Å²) >= 11 is 0. The van der Waals surface area contributed by atoms with E-state index < -0.39 is 0 Å². The summed E-state index contributed by atoms with van der Waals surface area (Å²) in [6.07, 6.45) is 1.69. The molecule has 5 N–H and O–H groups in total. The van der Waals surface area contributed by atoms with Crippen molar-refractivity contribution in [2.45, 2.75) is 39.0 Å². The fourth-order valence-electron chi connectivity index (χ4n) is 2.74. The van der Waals surface area contributed by atoms with Gasteiger partial charge in [-0.25, -0.2) is 4.98 Å². The Morgan fingerprint density at radius 2 is 2.25 bits per heavy atom. The highest BCUT2D eigenvalue weighted by atomic mass is 16.5. The van der Waals surface area contributed by atoms with Crippen molar-refractivity contribution in [3.8, 4) is 0 Å². The first-order valence-corrected chi connectivity index (χ1v) is 7.07. The number of hydrogen-bond donors (Lipinski definition) is 3. The maximum Gasteiger partial charge on any atom is 0.128 e. The minimum Gasteiger partial charge on any atom is -0.383 e. The number of aromatic nitrogens is 1. The monoisotopic (exact) mass is 279 g/mol. The van der Waals surface area contributed by atoms with Crippen LogP contribution in [0.1, 0.15) is 31.0 Å². The highest BCUT2D eigenvalue weighted by molar-refractivity contribution is 5.46. The van der Waals surface area contributed by atoms with Crippen LogP contribution in [0, 0.1) is 6.92 Å². The van der Waals surface area contributed by atoms with Crippen LogP contribution in [0.4, 0.5) is 5.82 Å². The van der Waals surface area contributed by atoms with E-state index in [2.05, 4.69) is 29.2 Å². The molecule has 2 unspecified atom stereocenters. The number of nitrogen functional groups attached to an aromatic ring is 1. The van der Waals surface area contributed by atoms with Crippen molar-refractivity contribution >= 4 is 5.82 Å². The van der Waals surface area contributed by atoms with Gasteiger partial charge in [-0.05, 0) is 32.4 Å². The van der Waals surface area contributed by atoms with E-state index >= 15 is 0 Å². The van der Waals surface area contributed by atoms with Gasteiger partial charge in [0.15, 0.2) is 0 Å². The summed E-state index contributed by atoms with van der Waals surface area (Å²) in [5.74, 6) is 6.28. The molecule has 0 aliphatic carbocycles. The average Bonchev–Trinajstić information content (AvgIpc) is 2.43. The fourth-order valence-corrected chi connectivity index (χ4v) is 2.74. The molecule has 20 heavy (non-hydrogen) atoms. The normalized spacial score (nSPS) is 22.1. The summed E-state index contributed by atoms with van der Waals surface area (Å²) in [7, 11) is 0. The predicted octanol–water partition coefficient (Wildman–Crippen LogP) is 0.586. The number of morpholine rings is 1. The molecule has 1 aliphatic heterocycles. The summed E-state index contributed by atoms with van der Waals surface area (Å²) in [5, 5.41) is 0. The summed E-state index contributed by atoms with van der Waals surface area (Å²) in [6, 6.07) is 2.29. The first kappa shape index (κ1) is 15.2. The standard InChI is InChI=1S/C14H25N5O/c1-9(2)19-6-7-20-11(8-19)13(18-16)12-10(3)4-5-17-14(12)15/h4-5,9,11,13,18H,6-8,16H2,1-3H3,(H2,15,17). The fraction of sp³-hybridized carbons (Fsp3) is 0.643. The van der Waals surface area contributed by atoms with E-state index in [1.165, 1.54) is 0 Å². The second-order valence-corrected chi connectivity index (χ2v) is 5.57. The van der Waals surface area contributed by atoms with E-state index in [9.17, 15) is 0 Å². The van der Waals surface area contributed by atoms with Crippen LogP contribution in [0.5, 0.6) is 0 Å². The number of aryl methyl sites for hydroxylation is 1. The number of rotatable bonds is 4. The van der Waals surface area contributed by atoms with Gasteiger partial charge in [-0.1, -0.05) is 0 Å². The third-order valence-electron chi connectivity index (χ3n) is 3.96. The molecule has 2 atom stereocenters. The van der Waals surface area contributed by atoms with E-state index in [1.54, 1.807) is 6.20 Å². The molecular weight excluding hydrogens is 254 g/mol. The van der Waals surface area contributed by atoms with Crippen molar-refractivity contribution in [3.63, 3.8) is 0 Å². The lowest BCUT2D eigenvalue weighted by Crippen LogP contribution is -2.51. The molecule has 1 aromatic heterocycles. The van der Waals surface area contributed by atoms with Crippen LogP contribution in [0.25, 0.3) is 0 Å². The maximum atomic E-state index is 6.02. The van der Waals surface area contributed by atoms with Crippen molar-refractivity contribution < 1.29 is 4.74 Å². The lowest BCUT2D eigenvalue weighted by molar-refractivity contribution is -0.0561. The molecule has 112 valence electrons. The van der Waals surface area contributed by atoms with E-state index in [4.69, 9.17) is 16.3 Å². The van der Waals surface area contributed by atoms with Gasteiger partial charge in [0.25, 0.3) is 0 Å². The first-order chi connectivity index (χ1) is 9.54. The number of hydrogen-bond acceptors (Lipinski definition) is 6. The summed E-state index contributed by atoms with van der Waals surface area (Å²) in [4.78, 5) is 6.56. The molecule has 6 heteroatoms. The molecule has 0 saturated carbocycles. The van der Waals surface area contributed by atoms with Gasteiger partial charge in [-0.2, -0.15) is 0 Å². The van der Waals surface area contributed by atoms with Crippen LogP contribution in [-0.2, 0) is 4.74 Å². The molecule has 1 aromatic rings. The predicted molar refractivity (Wildman–Crippen MR) is 79.9 cm³/mol. The molecule has 2 heterocycles. The topological polar surface area (TPSA) is 89.4 Å². The van der Waals surface area contributed by atoms with Crippen molar-refractivity contribution in [3.05, 3.63) is 23.4 Å². The Bertz CT molecular complexity index is 431. The van der Waals surface area contributed by atoms with Crippen molar-refractivity contribution in [1.29, 1.82) is 0 Å². The zero-order chi connectivity index (χ0) is 14.7. The Hall–Kier alpha value is -1.21. The maximum absolute atomic E-state index is 6.02. The van der Waals surface area contributed by atoms with Gasteiger partial charge in [0, 0.05) is 30.9 Å². The van der Waals surface area contributed by atoms with E-state index in [0.717, 1.165) is 24.2 Å². The number of anilines is 1. The zero-order valence-electron chi connectivity index (χ0n) is 12.5. The Morgan fingerprint density at radius 3 is 2.85 bits per heavy atom. The molecule has 1 aliphatic rings. The number of nitrogens with one attached hydrogen (secondary N) is 1. The minimum atomic E-state index is -0.148. The SMILES string of the molecule is Cc1ccnc(N)c1C(NN)C1CN(C(C)C)CCO1. The Labute approximate surface area is 120 Å². The van der Waals surface area contributed by atoms with Crippen LogP contribution in [-0.4, -0.2) is 41.7 Å². The van der Waals surface area contributed by atoms with Crippen molar-refractivity contribution in [1.82, 2.24) is 15.3 Å². The van der Waals surface area contributed by atoms with E-state index in [-0.39, 0.29) is 12.1 Å². The van der Waals surface area contributed by atoms with E-state index in [0.29, 0.717) is 18.5 Å². The summed E-state index contributed by atoms with van der Waals surface area (Å²) < 4.78 is 5.91. The largest absolute Gasteiger partial charge is 0.383 e. The minimum absolute atomic E-state index is 0.0265. The van der Waals surface area contributed by atoms with Gasteiger partial charge in [-0.15, -0.1) is 0 Å². The molecular formula is C14H25N5O. The van der Waals surface area contributed by atoms with Crippen LogP contribution in [0.3, 0.4) is 0 Å². The molecule has 0 spiro atoms. The molecule has 0 bridgehead atoms. The smallest absolute Gasteiger partial charge is 0.128 e. The lowest BCUT2D eigenvalue weighted by Gasteiger charge is -2.39. The van der Waals surface area contributed by atoms with Crippen LogP contribution >= 0.6 is 0 Å². The molecule has 1 fully saturated rings. The molecule has 1 saturated heterocycles. The first-order valence-electron chi connectivity index (χ1n) is 7.07. The lowest BCUT2D eigenvalue weighted by atomic mass is 9.97. The van der Waals surface area contributed by atoms with Crippen LogP contribution in [0.15, 0.2) is 12.3 Å². The third-order valence-corrected chi connectivity index (χ3v) is 3.96. The second kappa shape index (κ2) is 6.49. The Morgan fingerprint density at radius 1 is 1.50 bits per heavy atom. The molecule has 0 radical (unpaired) electrons. The number of pyridine rings is 1. The number of ether oxygens (including phenoxy) is 1. The highest BCUT2D eigenvalue weighted by Gasteiger charge is 2.31. The molecule has 6 nitrogen and oxygen atoms in total. The van der Waals surface area contributed by atoms with Gasteiger partial charge in [0.05, 0.1) is 18.8 Å².